The average Bonchev–Trinajstić information content (AvgIpc) is 2.72. The lowest BCUT2D eigenvalue weighted by Gasteiger charge is -2.40. The monoisotopic (exact) mass is 370 g/mol. The van der Waals surface area contributed by atoms with Crippen molar-refractivity contribution in [2.45, 2.75) is 56.7 Å². The molecule has 1 unspecified atom stereocenters. The quantitative estimate of drug-likeness (QED) is 0.798. The second-order valence-corrected chi connectivity index (χ2v) is 7.72. The predicted molar refractivity (Wildman–Crippen MR) is 99.7 cm³/mol. The first kappa shape index (κ1) is 19.4. The fourth-order valence-electron chi connectivity index (χ4n) is 4.45. The van der Waals surface area contributed by atoms with E-state index in [1.807, 2.05) is 18.2 Å². The van der Waals surface area contributed by atoms with E-state index < -0.39 is 11.6 Å². The second-order valence-electron chi connectivity index (χ2n) is 7.72. The molecule has 2 atom stereocenters. The maximum Gasteiger partial charge on any atom is 0.365 e. The highest BCUT2D eigenvalue weighted by atomic mass is 16.5. The van der Waals surface area contributed by atoms with E-state index >= 15 is 0 Å². The van der Waals surface area contributed by atoms with E-state index in [2.05, 4.69) is 12.1 Å². The summed E-state index contributed by atoms with van der Waals surface area (Å²) in [6, 6.07) is 10.0. The van der Waals surface area contributed by atoms with E-state index in [4.69, 9.17) is 4.74 Å². The Morgan fingerprint density at radius 3 is 2.56 bits per heavy atom. The molecule has 1 aliphatic carbocycles. The lowest BCUT2D eigenvalue weighted by atomic mass is 9.81. The molecule has 1 aromatic carbocycles. The van der Waals surface area contributed by atoms with Crippen molar-refractivity contribution < 1.29 is 19.2 Å². The molecule has 0 radical (unpaired) electrons. The van der Waals surface area contributed by atoms with Gasteiger partial charge in [-0.3, -0.25) is 4.79 Å². The van der Waals surface area contributed by atoms with Crippen molar-refractivity contribution in [1.29, 1.82) is 5.26 Å². The molecule has 1 N–H and O–H groups in total. The fraction of sp³-hybridized carbons (Fsp3) is 0.571. The Balaban J connectivity index is 1.78. The minimum absolute atomic E-state index is 0.0817. The van der Waals surface area contributed by atoms with Gasteiger partial charge in [0.2, 0.25) is 0 Å². The summed E-state index contributed by atoms with van der Waals surface area (Å²) < 4.78 is 5.00. The van der Waals surface area contributed by atoms with Crippen molar-refractivity contribution in [2.24, 2.45) is 0 Å². The van der Waals surface area contributed by atoms with Crippen LogP contribution in [0.2, 0.25) is 0 Å². The standard InChI is InChI=1S/C21H27N3O3/c1-23(21(15-22)10-6-3-7-11-21)19(25)14-24-13-17-9-5-4-8-16(17)12-18(24)20(26)27-2/h4-5,8-9,18H,3,6-7,10-14H2,1-2H3/p+1/t18-/m1/s1. The highest BCUT2D eigenvalue weighted by Crippen LogP contribution is 2.32. The summed E-state index contributed by atoms with van der Waals surface area (Å²) in [5, 5.41) is 9.75. The predicted octanol–water partition coefficient (Wildman–Crippen LogP) is 0.854. The van der Waals surface area contributed by atoms with Crippen molar-refractivity contribution in [2.75, 3.05) is 20.7 Å². The molecule has 6 nitrogen and oxygen atoms in total. The van der Waals surface area contributed by atoms with Crippen LogP contribution in [0, 0.1) is 11.3 Å². The summed E-state index contributed by atoms with van der Waals surface area (Å²) in [5.41, 5.74) is 1.59. The SMILES string of the molecule is COC(=O)[C@H]1Cc2ccccc2C[NH+]1CC(=O)N(C)C1(C#N)CCCCC1. The second kappa shape index (κ2) is 8.10. The zero-order chi connectivity index (χ0) is 19.4. The first-order valence-electron chi connectivity index (χ1n) is 9.68. The van der Waals surface area contributed by atoms with Gasteiger partial charge < -0.3 is 14.5 Å². The van der Waals surface area contributed by atoms with Crippen LogP contribution in [-0.2, 0) is 27.3 Å². The van der Waals surface area contributed by atoms with Crippen LogP contribution < -0.4 is 4.90 Å². The summed E-state index contributed by atoms with van der Waals surface area (Å²) >= 11 is 0. The van der Waals surface area contributed by atoms with Crippen LogP contribution in [0.15, 0.2) is 24.3 Å². The molecule has 1 aromatic rings. The van der Waals surface area contributed by atoms with Gasteiger partial charge in [-0.2, -0.15) is 5.26 Å². The molecule has 0 saturated heterocycles. The molecule has 1 heterocycles. The third-order valence-electron chi connectivity index (χ3n) is 6.22. The van der Waals surface area contributed by atoms with E-state index in [0.29, 0.717) is 13.0 Å². The Kier molecular flexibility index (Phi) is 5.81. The Labute approximate surface area is 160 Å². The number of methoxy groups -OCH3 is 1. The number of nitrogens with one attached hydrogen (secondary N) is 1. The third kappa shape index (κ3) is 3.84. The number of esters is 1. The molecule has 1 aliphatic heterocycles. The molecule has 0 aromatic heterocycles. The lowest BCUT2D eigenvalue weighted by Crippen LogP contribution is -3.17. The number of likely N-dealkylation sites (N-methyl/N-ethyl adjacent to an activating group) is 1. The zero-order valence-electron chi connectivity index (χ0n) is 16.2. The fourth-order valence-corrected chi connectivity index (χ4v) is 4.45. The molecule has 1 fully saturated rings. The number of nitrogens with zero attached hydrogens (tertiary/aromatic N) is 2. The summed E-state index contributed by atoms with van der Waals surface area (Å²) in [5.74, 6) is -0.371. The molecular formula is C21H28N3O3+. The molecule has 0 spiro atoms. The van der Waals surface area contributed by atoms with Crippen LogP contribution >= 0.6 is 0 Å². The van der Waals surface area contributed by atoms with Gasteiger partial charge in [-0.15, -0.1) is 0 Å². The molecule has 3 rings (SSSR count). The summed E-state index contributed by atoms with van der Waals surface area (Å²) in [7, 11) is 3.13. The Morgan fingerprint density at radius 2 is 1.93 bits per heavy atom. The van der Waals surface area contributed by atoms with E-state index in [0.717, 1.165) is 48.1 Å². The van der Waals surface area contributed by atoms with Crippen LogP contribution in [0.3, 0.4) is 0 Å². The number of fused-ring (bicyclic) bond motifs is 1. The minimum Gasteiger partial charge on any atom is -0.465 e. The van der Waals surface area contributed by atoms with Crippen LogP contribution in [0.5, 0.6) is 0 Å². The van der Waals surface area contributed by atoms with Gasteiger partial charge in [0.15, 0.2) is 12.6 Å². The number of hydrogen-bond acceptors (Lipinski definition) is 4. The first-order chi connectivity index (χ1) is 13.0. The van der Waals surface area contributed by atoms with Crippen LogP contribution in [0.25, 0.3) is 0 Å². The van der Waals surface area contributed by atoms with Crippen molar-refractivity contribution >= 4 is 11.9 Å². The number of hydrogen-bond donors (Lipinski definition) is 1. The van der Waals surface area contributed by atoms with E-state index in [-0.39, 0.29) is 18.4 Å². The number of carbonyl (C=O) groups is 2. The topological polar surface area (TPSA) is 74.8 Å². The van der Waals surface area contributed by atoms with Gasteiger partial charge in [-0.25, -0.2) is 4.79 Å². The van der Waals surface area contributed by atoms with Gasteiger partial charge in [0.05, 0.1) is 13.2 Å². The number of amides is 1. The van der Waals surface area contributed by atoms with E-state index in [1.54, 1.807) is 11.9 Å². The van der Waals surface area contributed by atoms with Crippen LogP contribution in [0.1, 0.15) is 43.2 Å². The number of ether oxygens (including phenoxy) is 1. The number of quaternary nitrogens is 1. The number of rotatable bonds is 4. The molecule has 1 saturated carbocycles. The lowest BCUT2D eigenvalue weighted by molar-refractivity contribution is -0.925. The van der Waals surface area contributed by atoms with Crippen LogP contribution in [-0.4, -0.2) is 49.1 Å². The molecular weight excluding hydrogens is 342 g/mol. The summed E-state index contributed by atoms with van der Waals surface area (Å²) in [4.78, 5) is 27.9. The molecule has 27 heavy (non-hydrogen) atoms. The van der Waals surface area contributed by atoms with Crippen molar-refractivity contribution in [1.82, 2.24) is 4.90 Å². The summed E-state index contributed by atoms with van der Waals surface area (Å²) in [6.07, 6.45) is 5.08. The van der Waals surface area contributed by atoms with E-state index in [1.165, 1.54) is 7.11 Å². The highest BCUT2D eigenvalue weighted by molar-refractivity contribution is 5.79. The third-order valence-corrected chi connectivity index (χ3v) is 6.22. The van der Waals surface area contributed by atoms with Gasteiger partial charge in [-0.05, 0) is 18.4 Å². The minimum atomic E-state index is -0.705. The maximum absolute atomic E-state index is 13.0. The number of nitriles is 1. The molecule has 6 heteroatoms. The Hall–Kier alpha value is -2.39. The van der Waals surface area contributed by atoms with E-state index in [9.17, 15) is 14.9 Å². The molecule has 2 aliphatic rings. The molecule has 144 valence electrons. The Bertz CT molecular complexity index is 749. The highest BCUT2D eigenvalue weighted by Gasteiger charge is 2.42. The first-order valence-corrected chi connectivity index (χ1v) is 9.68. The smallest absolute Gasteiger partial charge is 0.365 e. The maximum atomic E-state index is 13.0. The van der Waals surface area contributed by atoms with Gasteiger partial charge in [-0.1, -0.05) is 43.5 Å². The number of benzene rings is 1. The van der Waals surface area contributed by atoms with Crippen LogP contribution in [0.4, 0.5) is 0 Å². The van der Waals surface area contributed by atoms with Gasteiger partial charge in [0.1, 0.15) is 12.1 Å². The number of carbonyl (C=O) groups excluding carboxylic acids is 2. The van der Waals surface area contributed by atoms with Crippen molar-refractivity contribution in [3.63, 3.8) is 0 Å². The molecule has 1 amide bonds. The van der Waals surface area contributed by atoms with Gasteiger partial charge in [0.25, 0.3) is 5.91 Å². The largest absolute Gasteiger partial charge is 0.465 e. The van der Waals surface area contributed by atoms with Gasteiger partial charge in [0, 0.05) is 19.0 Å². The van der Waals surface area contributed by atoms with Crippen molar-refractivity contribution in [3.8, 4) is 6.07 Å². The molecule has 0 bridgehead atoms. The Morgan fingerprint density at radius 1 is 1.26 bits per heavy atom. The normalized spacial score (nSPS) is 23.6. The average molecular weight is 370 g/mol. The zero-order valence-corrected chi connectivity index (χ0v) is 16.2. The van der Waals surface area contributed by atoms with Gasteiger partial charge >= 0.3 is 5.97 Å². The van der Waals surface area contributed by atoms with Crippen molar-refractivity contribution in [3.05, 3.63) is 35.4 Å². The summed E-state index contributed by atoms with van der Waals surface area (Å²) in [6.45, 7) is 0.795.